The predicted molar refractivity (Wildman–Crippen MR) is 56.4 cm³/mol. The van der Waals surface area contributed by atoms with Gasteiger partial charge in [0.25, 0.3) is 5.56 Å². The minimum Gasteiger partial charge on any atom is -0.508 e. The van der Waals surface area contributed by atoms with Crippen molar-refractivity contribution in [2.45, 2.75) is 6.92 Å². The van der Waals surface area contributed by atoms with Crippen molar-refractivity contribution in [3.8, 4) is 5.75 Å². The van der Waals surface area contributed by atoms with Crippen LogP contribution in [-0.2, 0) is 0 Å². The number of benzene rings is 1. The van der Waals surface area contributed by atoms with Gasteiger partial charge in [0.1, 0.15) is 5.75 Å². The Balaban J connectivity index is 2.97. The molecule has 0 amide bonds. The standard InChI is InChI=1S/C11H9NO3/c1-6-8-3-2-7(14)4-10(8)12-11(15)9(6)5-13/h2-5,14H,1H3,(H,12,15). The topological polar surface area (TPSA) is 70.2 Å². The van der Waals surface area contributed by atoms with Crippen molar-refractivity contribution >= 4 is 17.2 Å². The number of nitrogens with one attached hydrogen (secondary N) is 1. The molecular weight excluding hydrogens is 194 g/mol. The summed E-state index contributed by atoms with van der Waals surface area (Å²) >= 11 is 0. The summed E-state index contributed by atoms with van der Waals surface area (Å²) in [5.74, 6) is 0.0800. The summed E-state index contributed by atoms with van der Waals surface area (Å²) in [6.07, 6.45) is 0.542. The Morgan fingerprint density at radius 1 is 1.40 bits per heavy atom. The molecule has 1 heterocycles. The fraction of sp³-hybridized carbons (Fsp3) is 0.0909. The van der Waals surface area contributed by atoms with Crippen LogP contribution in [0, 0.1) is 6.92 Å². The van der Waals surface area contributed by atoms with Crippen molar-refractivity contribution in [1.29, 1.82) is 0 Å². The van der Waals surface area contributed by atoms with E-state index in [1.807, 2.05) is 0 Å². The third-order valence-electron chi connectivity index (χ3n) is 2.42. The van der Waals surface area contributed by atoms with Crippen LogP contribution in [0.1, 0.15) is 15.9 Å². The highest BCUT2D eigenvalue weighted by atomic mass is 16.3. The number of phenolic OH excluding ortho intramolecular Hbond substituents is 1. The van der Waals surface area contributed by atoms with E-state index in [2.05, 4.69) is 4.98 Å². The van der Waals surface area contributed by atoms with Crippen LogP contribution in [0.3, 0.4) is 0 Å². The molecule has 0 fully saturated rings. The van der Waals surface area contributed by atoms with E-state index in [0.717, 1.165) is 5.39 Å². The van der Waals surface area contributed by atoms with Crippen molar-refractivity contribution in [1.82, 2.24) is 4.98 Å². The highest BCUT2D eigenvalue weighted by molar-refractivity contribution is 5.90. The third-order valence-corrected chi connectivity index (χ3v) is 2.42. The Morgan fingerprint density at radius 2 is 2.13 bits per heavy atom. The Morgan fingerprint density at radius 3 is 2.80 bits per heavy atom. The molecule has 0 aliphatic heterocycles. The number of aromatic amines is 1. The second-order valence-electron chi connectivity index (χ2n) is 3.34. The Kier molecular flexibility index (Phi) is 2.04. The fourth-order valence-electron chi connectivity index (χ4n) is 1.61. The number of carbonyl (C=O) groups excluding carboxylic acids is 1. The number of H-pyrrole nitrogens is 1. The van der Waals surface area contributed by atoms with Crippen molar-refractivity contribution in [2.24, 2.45) is 0 Å². The molecule has 1 aromatic heterocycles. The first-order valence-electron chi connectivity index (χ1n) is 4.44. The first-order chi connectivity index (χ1) is 7.13. The van der Waals surface area contributed by atoms with Gasteiger partial charge < -0.3 is 10.1 Å². The van der Waals surface area contributed by atoms with Gasteiger partial charge in [-0.25, -0.2) is 0 Å². The van der Waals surface area contributed by atoms with Crippen molar-refractivity contribution in [3.05, 3.63) is 39.7 Å². The Hall–Kier alpha value is -2.10. The molecule has 0 saturated carbocycles. The zero-order chi connectivity index (χ0) is 11.0. The van der Waals surface area contributed by atoms with Crippen molar-refractivity contribution in [2.75, 3.05) is 0 Å². The maximum atomic E-state index is 11.4. The minimum atomic E-state index is -0.430. The smallest absolute Gasteiger partial charge is 0.259 e. The molecular formula is C11H9NO3. The summed E-state index contributed by atoms with van der Waals surface area (Å²) in [5.41, 5.74) is 0.862. The molecule has 2 N–H and O–H groups in total. The van der Waals surface area contributed by atoms with E-state index in [-0.39, 0.29) is 11.3 Å². The zero-order valence-corrected chi connectivity index (χ0v) is 8.07. The van der Waals surface area contributed by atoms with Crippen molar-refractivity contribution in [3.63, 3.8) is 0 Å². The number of hydrogen-bond donors (Lipinski definition) is 2. The monoisotopic (exact) mass is 203 g/mol. The highest BCUT2D eigenvalue weighted by Crippen LogP contribution is 2.20. The average Bonchev–Trinajstić information content (AvgIpc) is 2.17. The average molecular weight is 203 g/mol. The molecule has 0 atom stereocenters. The summed E-state index contributed by atoms with van der Waals surface area (Å²) < 4.78 is 0. The molecule has 0 aliphatic carbocycles. The summed E-state index contributed by atoms with van der Waals surface area (Å²) in [7, 11) is 0. The van der Waals surface area contributed by atoms with E-state index >= 15 is 0 Å². The number of carbonyl (C=O) groups is 1. The Labute approximate surface area is 85.2 Å². The van der Waals surface area contributed by atoms with Gasteiger partial charge in [0, 0.05) is 11.5 Å². The van der Waals surface area contributed by atoms with Crippen LogP contribution in [0.15, 0.2) is 23.0 Å². The van der Waals surface area contributed by atoms with E-state index in [0.29, 0.717) is 17.4 Å². The fourth-order valence-corrected chi connectivity index (χ4v) is 1.61. The number of aromatic nitrogens is 1. The summed E-state index contributed by atoms with van der Waals surface area (Å²) in [5, 5.41) is 10.0. The van der Waals surface area contributed by atoms with Crippen LogP contribution in [-0.4, -0.2) is 16.4 Å². The molecule has 2 aromatic rings. The zero-order valence-electron chi connectivity index (χ0n) is 8.07. The normalized spacial score (nSPS) is 10.5. The van der Waals surface area contributed by atoms with E-state index < -0.39 is 5.56 Å². The summed E-state index contributed by atoms with van der Waals surface area (Å²) in [4.78, 5) is 24.7. The van der Waals surface area contributed by atoms with Crippen LogP contribution in [0.25, 0.3) is 10.9 Å². The van der Waals surface area contributed by atoms with Crippen LogP contribution >= 0.6 is 0 Å². The number of hydrogen-bond acceptors (Lipinski definition) is 3. The second-order valence-corrected chi connectivity index (χ2v) is 3.34. The molecule has 0 unspecified atom stereocenters. The van der Waals surface area contributed by atoms with Gasteiger partial charge in [-0.15, -0.1) is 0 Å². The molecule has 76 valence electrons. The molecule has 4 heteroatoms. The van der Waals surface area contributed by atoms with Gasteiger partial charge in [-0.1, -0.05) is 0 Å². The molecule has 2 rings (SSSR count). The number of aromatic hydroxyl groups is 1. The van der Waals surface area contributed by atoms with E-state index in [9.17, 15) is 14.7 Å². The van der Waals surface area contributed by atoms with Crippen molar-refractivity contribution < 1.29 is 9.90 Å². The molecule has 0 aliphatic rings. The summed E-state index contributed by atoms with van der Waals surface area (Å²) in [6.45, 7) is 1.71. The van der Waals surface area contributed by atoms with Crippen LogP contribution < -0.4 is 5.56 Å². The van der Waals surface area contributed by atoms with Crippen LogP contribution in [0.4, 0.5) is 0 Å². The maximum Gasteiger partial charge on any atom is 0.259 e. The van der Waals surface area contributed by atoms with Gasteiger partial charge in [-0.3, -0.25) is 9.59 Å². The van der Waals surface area contributed by atoms with Gasteiger partial charge >= 0.3 is 0 Å². The molecule has 0 radical (unpaired) electrons. The van der Waals surface area contributed by atoms with Crippen LogP contribution in [0.2, 0.25) is 0 Å². The number of fused-ring (bicyclic) bond motifs is 1. The SMILES string of the molecule is Cc1c(C=O)c(=O)[nH]c2cc(O)ccc12. The van der Waals surface area contributed by atoms with E-state index in [1.165, 1.54) is 12.1 Å². The highest BCUT2D eigenvalue weighted by Gasteiger charge is 2.07. The van der Waals surface area contributed by atoms with Crippen LogP contribution in [0.5, 0.6) is 5.75 Å². The van der Waals surface area contributed by atoms with Gasteiger partial charge in [-0.2, -0.15) is 0 Å². The maximum absolute atomic E-state index is 11.4. The first kappa shape index (κ1) is 9.45. The van der Waals surface area contributed by atoms with Gasteiger partial charge in [0.15, 0.2) is 6.29 Å². The number of phenols is 1. The van der Waals surface area contributed by atoms with E-state index in [4.69, 9.17) is 0 Å². The lowest BCUT2D eigenvalue weighted by Gasteiger charge is -2.04. The molecule has 1 aromatic carbocycles. The number of aryl methyl sites for hydroxylation is 1. The summed E-state index contributed by atoms with van der Waals surface area (Å²) in [6, 6.07) is 4.64. The molecule has 0 spiro atoms. The molecule has 0 bridgehead atoms. The second kappa shape index (κ2) is 3.24. The third kappa shape index (κ3) is 1.40. The lowest BCUT2D eigenvalue weighted by molar-refractivity contribution is 0.112. The van der Waals surface area contributed by atoms with Gasteiger partial charge in [-0.05, 0) is 24.6 Å². The lowest BCUT2D eigenvalue weighted by Crippen LogP contribution is -2.13. The lowest BCUT2D eigenvalue weighted by atomic mass is 10.1. The van der Waals surface area contributed by atoms with Gasteiger partial charge in [0.05, 0.1) is 11.1 Å². The predicted octanol–water partition coefficient (Wildman–Crippen LogP) is 1.35. The number of aldehydes is 1. The largest absolute Gasteiger partial charge is 0.508 e. The molecule has 0 saturated heterocycles. The number of pyridine rings is 1. The van der Waals surface area contributed by atoms with Gasteiger partial charge in [0.2, 0.25) is 0 Å². The minimum absolute atomic E-state index is 0.0800. The quantitative estimate of drug-likeness (QED) is 0.687. The Bertz CT molecular complexity index is 599. The number of rotatable bonds is 1. The molecule has 15 heavy (non-hydrogen) atoms. The first-order valence-corrected chi connectivity index (χ1v) is 4.44. The van der Waals surface area contributed by atoms with E-state index in [1.54, 1.807) is 13.0 Å². The molecule has 4 nitrogen and oxygen atoms in total.